The molecule has 1 atom stereocenters. The number of nitrogens with one attached hydrogen (secondary N) is 1. The number of carbonyl (C=O) groups excluding carboxylic acids is 2. The molecule has 0 saturated carbocycles. The first kappa shape index (κ1) is 26.0. The fourth-order valence-electron chi connectivity index (χ4n) is 3.81. The lowest BCUT2D eigenvalue weighted by Gasteiger charge is -2.41. The highest BCUT2D eigenvalue weighted by Crippen LogP contribution is 2.38. The van der Waals surface area contributed by atoms with Crippen LogP contribution in [0.5, 0.6) is 5.75 Å². The van der Waals surface area contributed by atoms with E-state index in [-0.39, 0.29) is 28.5 Å². The molecule has 1 aliphatic heterocycles. The molecule has 1 aliphatic carbocycles. The van der Waals surface area contributed by atoms with Crippen LogP contribution < -0.4 is 10.1 Å². The normalized spacial score (nSPS) is 18.0. The fourth-order valence-corrected chi connectivity index (χ4v) is 4.15. The minimum atomic E-state index is -1.02. The minimum Gasteiger partial charge on any atom is -0.492 e. The average molecular weight is 512 g/mol. The van der Waals surface area contributed by atoms with Crippen molar-refractivity contribution in [3.63, 3.8) is 0 Å². The van der Waals surface area contributed by atoms with Crippen LogP contribution in [0.2, 0.25) is 5.02 Å². The van der Waals surface area contributed by atoms with Gasteiger partial charge in [0.15, 0.2) is 11.6 Å². The molecule has 1 aromatic rings. The van der Waals surface area contributed by atoms with Crippen molar-refractivity contribution in [2.75, 3.05) is 20.0 Å². The Kier molecular flexibility index (Phi) is 7.34. The van der Waals surface area contributed by atoms with Crippen molar-refractivity contribution in [1.29, 1.82) is 0 Å². The van der Waals surface area contributed by atoms with Crippen molar-refractivity contribution in [3.8, 4) is 5.75 Å². The van der Waals surface area contributed by atoms with Gasteiger partial charge in [0.05, 0.1) is 23.6 Å². The van der Waals surface area contributed by atoms with E-state index in [1.807, 2.05) is 12.2 Å². The maximum Gasteiger partial charge on any atom is 0.321 e. The molecule has 3 rings (SSSR count). The quantitative estimate of drug-likeness (QED) is 0.429. The standard InChI is InChI=1S/C24H28Cl2FN3O4/c1-23(2,24(3,4)34-19(31)12-25)28-22(32)20-15-8-7-13(11-18(15)30(5)29-20)14-9-16(26)21(33-6)17(27)10-14/h7,9-11,15H,8,12H2,1-6H3,(H,28,32). The number of hydrogen-bond acceptors (Lipinski definition) is 6. The molecule has 184 valence electrons. The molecule has 1 amide bonds. The summed E-state index contributed by atoms with van der Waals surface area (Å²) in [4.78, 5) is 24.9. The summed E-state index contributed by atoms with van der Waals surface area (Å²) in [6.07, 6.45) is 4.28. The Labute approximate surface area is 208 Å². The topological polar surface area (TPSA) is 80.2 Å². The number of allylic oxidation sites excluding steroid dienone is 4. The van der Waals surface area contributed by atoms with Crippen molar-refractivity contribution in [2.24, 2.45) is 11.0 Å². The van der Waals surface area contributed by atoms with Crippen LogP contribution in [0.1, 0.15) is 39.7 Å². The Morgan fingerprint density at radius 1 is 1.29 bits per heavy atom. The number of hydrazone groups is 1. The van der Waals surface area contributed by atoms with Gasteiger partial charge in [-0.15, -0.1) is 11.6 Å². The Bertz CT molecular complexity index is 1090. The average Bonchev–Trinajstić information content (AvgIpc) is 3.08. The zero-order valence-corrected chi connectivity index (χ0v) is 21.5. The van der Waals surface area contributed by atoms with Crippen LogP contribution in [0.15, 0.2) is 35.1 Å². The summed E-state index contributed by atoms with van der Waals surface area (Å²) in [7, 11) is 3.11. The minimum absolute atomic E-state index is 0.00473. The molecule has 1 N–H and O–H groups in total. The highest BCUT2D eigenvalue weighted by molar-refractivity contribution is 6.41. The van der Waals surface area contributed by atoms with Gasteiger partial charge in [0, 0.05) is 12.7 Å². The molecule has 0 radical (unpaired) electrons. The van der Waals surface area contributed by atoms with E-state index in [2.05, 4.69) is 10.4 Å². The molecule has 0 spiro atoms. The number of halogens is 3. The zero-order valence-electron chi connectivity index (χ0n) is 20.0. The van der Waals surface area contributed by atoms with Gasteiger partial charge in [-0.3, -0.25) is 14.6 Å². The monoisotopic (exact) mass is 511 g/mol. The van der Waals surface area contributed by atoms with Gasteiger partial charge in [0.1, 0.15) is 17.2 Å². The number of alkyl halides is 1. The fraction of sp³-hybridized carbons (Fsp3) is 0.458. The van der Waals surface area contributed by atoms with Crippen molar-refractivity contribution in [2.45, 2.75) is 45.3 Å². The Morgan fingerprint density at radius 3 is 2.56 bits per heavy atom. The number of benzene rings is 1. The van der Waals surface area contributed by atoms with Gasteiger partial charge in [0.2, 0.25) is 0 Å². The van der Waals surface area contributed by atoms with Gasteiger partial charge in [-0.2, -0.15) is 5.10 Å². The van der Waals surface area contributed by atoms with Crippen LogP contribution in [0, 0.1) is 11.7 Å². The lowest BCUT2D eigenvalue weighted by atomic mass is 9.84. The van der Waals surface area contributed by atoms with E-state index in [9.17, 15) is 14.0 Å². The number of methoxy groups -OCH3 is 1. The number of rotatable bonds is 7. The molecule has 34 heavy (non-hydrogen) atoms. The summed E-state index contributed by atoms with van der Waals surface area (Å²) >= 11 is 11.7. The summed E-state index contributed by atoms with van der Waals surface area (Å²) in [5.74, 6) is -2.04. The number of amides is 1. The summed E-state index contributed by atoms with van der Waals surface area (Å²) < 4.78 is 24.8. The van der Waals surface area contributed by atoms with Gasteiger partial charge in [-0.05, 0) is 63.5 Å². The molecular weight excluding hydrogens is 484 g/mol. The first-order chi connectivity index (χ1) is 15.8. The second-order valence-corrected chi connectivity index (χ2v) is 9.87. The number of hydrogen-bond donors (Lipinski definition) is 1. The molecule has 1 aromatic carbocycles. The molecule has 0 saturated heterocycles. The third-order valence-electron chi connectivity index (χ3n) is 6.37. The first-order valence-corrected chi connectivity index (χ1v) is 11.6. The van der Waals surface area contributed by atoms with E-state index in [0.717, 1.165) is 11.3 Å². The summed E-state index contributed by atoms with van der Waals surface area (Å²) in [6.45, 7) is 6.95. The maximum absolute atomic E-state index is 14.4. The van der Waals surface area contributed by atoms with Crippen LogP contribution in [-0.4, -0.2) is 53.8 Å². The van der Waals surface area contributed by atoms with Gasteiger partial charge < -0.3 is 14.8 Å². The Hall–Kier alpha value is -2.58. The molecule has 0 fully saturated rings. The van der Waals surface area contributed by atoms with E-state index in [1.165, 1.54) is 13.2 Å². The molecule has 0 bridgehead atoms. The molecule has 1 unspecified atom stereocenters. The third kappa shape index (κ3) is 4.93. The highest BCUT2D eigenvalue weighted by Gasteiger charge is 2.44. The molecule has 10 heteroatoms. The zero-order chi connectivity index (χ0) is 25.4. The lowest BCUT2D eigenvalue weighted by molar-refractivity contribution is -0.161. The van der Waals surface area contributed by atoms with Crippen LogP contribution >= 0.6 is 23.2 Å². The number of ether oxygens (including phenoxy) is 2. The lowest BCUT2D eigenvalue weighted by Crippen LogP contribution is -2.61. The number of fused-ring (bicyclic) bond motifs is 1. The number of esters is 1. The van der Waals surface area contributed by atoms with Gasteiger partial charge in [-0.25, -0.2) is 4.39 Å². The van der Waals surface area contributed by atoms with Crippen molar-refractivity contribution < 1.29 is 23.5 Å². The number of carbonyl (C=O) groups is 2. The molecular formula is C24H28Cl2FN3O4. The van der Waals surface area contributed by atoms with Gasteiger partial charge >= 0.3 is 5.97 Å². The van der Waals surface area contributed by atoms with Crippen LogP contribution in [0.3, 0.4) is 0 Å². The summed E-state index contributed by atoms with van der Waals surface area (Å²) in [6, 6.07) is 3.01. The molecule has 7 nitrogen and oxygen atoms in total. The smallest absolute Gasteiger partial charge is 0.321 e. The first-order valence-electron chi connectivity index (χ1n) is 10.7. The second-order valence-electron chi connectivity index (χ2n) is 9.20. The van der Waals surface area contributed by atoms with Crippen LogP contribution in [0.4, 0.5) is 4.39 Å². The summed E-state index contributed by atoms with van der Waals surface area (Å²) in [5, 5.41) is 9.21. The van der Waals surface area contributed by atoms with Crippen LogP contribution in [0.25, 0.3) is 5.57 Å². The van der Waals surface area contributed by atoms with Crippen molar-refractivity contribution in [3.05, 3.63) is 46.4 Å². The van der Waals surface area contributed by atoms with Crippen LogP contribution in [-0.2, 0) is 14.3 Å². The third-order valence-corrected chi connectivity index (χ3v) is 6.87. The SMILES string of the molecule is COc1c(F)cc(C2=CCC3C(=C2)N(C)N=C3C(=O)NC(C)(C)C(C)(C)OC(=O)CCl)cc1Cl. The van der Waals surface area contributed by atoms with E-state index < -0.39 is 22.9 Å². The van der Waals surface area contributed by atoms with Crippen molar-refractivity contribution >= 4 is 46.4 Å². The Balaban J connectivity index is 1.80. The van der Waals surface area contributed by atoms with Gasteiger partial charge in [0.25, 0.3) is 5.91 Å². The summed E-state index contributed by atoms with van der Waals surface area (Å²) in [5.41, 5.74) is 0.593. The van der Waals surface area contributed by atoms with Crippen molar-refractivity contribution in [1.82, 2.24) is 10.3 Å². The molecule has 0 aromatic heterocycles. The maximum atomic E-state index is 14.4. The van der Waals surface area contributed by atoms with E-state index in [0.29, 0.717) is 17.7 Å². The Morgan fingerprint density at radius 2 is 1.97 bits per heavy atom. The molecule has 2 aliphatic rings. The van der Waals surface area contributed by atoms with E-state index in [4.69, 9.17) is 32.7 Å². The molecule has 1 heterocycles. The van der Waals surface area contributed by atoms with E-state index in [1.54, 1.807) is 45.8 Å². The predicted octanol–water partition coefficient (Wildman–Crippen LogP) is 4.53. The van der Waals surface area contributed by atoms with E-state index >= 15 is 0 Å². The van der Waals surface area contributed by atoms with Gasteiger partial charge in [-0.1, -0.05) is 17.7 Å². The second kappa shape index (κ2) is 9.58. The number of nitrogens with zero attached hydrogens (tertiary/aromatic N) is 2. The predicted molar refractivity (Wildman–Crippen MR) is 130 cm³/mol. The largest absolute Gasteiger partial charge is 0.492 e. The highest BCUT2D eigenvalue weighted by atomic mass is 35.5.